The molecule has 19 rings (SSSR count). The second-order valence-electron chi connectivity index (χ2n) is 31.6. The Balaban J connectivity index is 0.000000133. The van der Waals surface area contributed by atoms with E-state index in [-0.39, 0.29) is 78.3 Å². The molecular weight excluding hydrogens is 1660 g/mol. The zero-order chi connectivity index (χ0) is 84.9. The molecule has 0 bridgehead atoms. The van der Waals surface area contributed by atoms with Crippen LogP contribution in [0.1, 0.15) is 117 Å². The molecule has 6 amide bonds. The number of rotatable bonds is 9. The van der Waals surface area contributed by atoms with Gasteiger partial charge in [0.15, 0.2) is 11.6 Å². The van der Waals surface area contributed by atoms with Crippen molar-refractivity contribution in [3.05, 3.63) is 224 Å². The molecule has 0 aromatic heterocycles. The van der Waals surface area contributed by atoms with Crippen LogP contribution >= 0.6 is 15.9 Å². The van der Waals surface area contributed by atoms with Crippen LogP contribution in [0, 0.1) is 11.6 Å². The highest BCUT2D eigenvalue weighted by Crippen LogP contribution is 2.57. The van der Waals surface area contributed by atoms with Crippen LogP contribution in [0.25, 0.3) is 0 Å². The van der Waals surface area contributed by atoms with Gasteiger partial charge in [-0.1, -0.05) is 131 Å². The number of nitrogens with zero attached hydrogens (tertiary/aromatic N) is 11. The number of carbonyl (C=O) groups is 6. The fourth-order valence-corrected chi connectivity index (χ4v) is 23.4. The van der Waals surface area contributed by atoms with E-state index in [0.717, 1.165) is 116 Å². The Bertz CT molecular complexity index is 5400. The molecule has 7 aromatic carbocycles. The second-order valence-corrected chi connectivity index (χ2v) is 34.4. The molecule has 6 fully saturated rings. The number of carbonyl (C=O) groups excluding carboxylic acids is 6. The molecule has 120 heavy (non-hydrogen) atoms. The summed E-state index contributed by atoms with van der Waals surface area (Å²) in [6, 6.07) is 44.4. The number of fused-ring (bicyclic) bond motifs is 18. The smallest absolute Gasteiger partial charge is 0.409 e. The SMILES string of the molecule is COC(=O)N1CC[C@@H]2c3cccc(N(C)N)c3CC21.COC(=O)N1CC[C@@H]2c3cccc(N=N[C@]45CCN(C(=O)OC)C4Cc4ccccc45)c3CC21.COC(=O)N1CC[C@]2(Br)c3ccccc3CC12.COC(=O)N1CC[C@]2(N=Nc3cccc4c3CC3N(C(=O)OC)CC[C@]43NS(=O)(=O)Oc3c(F)cccc3F)c3ccccc3CC12.O=S=O. The topological polar surface area (TPSA) is 345 Å². The molecule has 6 heterocycles. The minimum Gasteiger partial charge on any atom is -0.453 e. The first-order chi connectivity index (χ1) is 57.8. The van der Waals surface area contributed by atoms with Crippen molar-refractivity contribution in [2.75, 3.05) is 94.0 Å². The lowest BCUT2D eigenvalue weighted by molar-refractivity contribution is 0.111. The Hall–Kier alpha value is -11.0. The summed E-state index contributed by atoms with van der Waals surface area (Å²) < 4.78 is 109. The van der Waals surface area contributed by atoms with Crippen LogP contribution in [0.2, 0.25) is 0 Å². The predicted molar refractivity (Wildman–Crippen MR) is 437 cm³/mol. The number of hydrazine groups is 1. The van der Waals surface area contributed by atoms with E-state index in [0.29, 0.717) is 61.0 Å². The molecular formula is C85H92BrF2N13O17S2. The third-order valence-electron chi connectivity index (χ3n) is 26.4. The van der Waals surface area contributed by atoms with Crippen molar-refractivity contribution >= 4 is 91.4 Å². The van der Waals surface area contributed by atoms with E-state index in [4.69, 9.17) is 67.3 Å². The van der Waals surface area contributed by atoms with E-state index >= 15 is 0 Å². The van der Waals surface area contributed by atoms with E-state index < -0.39 is 74.1 Å². The van der Waals surface area contributed by atoms with Crippen LogP contribution in [0.5, 0.6) is 5.75 Å². The maximum absolute atomic E-state index is 14.4. The summed E-state index contributed by atoms with van der Waals surface area (Å²) in [5.74, 6) is 3.17. The summed E-state index contributed by atoms with van der Waals surface area (Å²) in [7, 11) is 5.33. The summed E-state index contributed by atoms with van der Waals surface area (Å²) in [6.45, 7) is 3.43. The molecule has 12 atom stereocenters. The number of methoxy groups -OCH3 is 6. The molecule has 7 aromatic rings. The lowest BCUT2D eigenvalue weighted by atomic mass is 9.89. The van der Waals surface area contributed by atoms with Crippen molar-refractivity contribution in [2.45, 2.75) is 146 Å². The first-order valence-corrected chi connectivity index (χ1v) is 42.5. The van der Waals surface area contributed by atoms with Gasteiger partial charge in [0.2, 0.25) is 5.75 Å². The summed E-state index contributed by atoms with van der Waals surface area (Å²) in [5.41, 5.74) is 12.8. The predicted octanol–water partition coefficient (Wildman–Crippen LogP) is 12.9. The van der Waals surface area contributed by atoms with Crippen molar-refractivity contribution in [1.82, 2.24) is 34.1 Å². The minimum absolute atomic E-state index is 0.0716. The highest BCUT2D eigenvalue weighted by molar-refractivity contribution is 9.09. The number of alkyl halides is 1. The lowest BCUT2D eigenvalue weighted by Crippen LogP contribution is -2.53. The van der Waals surface area contributed by atoms with Gasteiger partial charge in [0.05, 0.1) is 93.8 Å². The number of anilines is 1. The number of nitrogens with two attached hydrogens (primary N) is 1. The number of hydrogen-bond donors (Lipinski definition) is 2. The fourth-order valence-electron chi connectivity index (χ4n) is 21.2. The first-order valence-electron chi connectivity index (χ1n) is 39.6. The molecule has 6 aliphatic heterocycles. The van der Waals surface area contributed by atoms with Crippen molar-refractivity contribution in [3.8, 4) is 5.75 Å². The third-order valence-corrected chi connectivity index (χ3v) is 28.7. The standard InChI is InChI=1S/C32H31F2N5O7S.C26H28N4O4.C14H19N3O2.C13H14BrNO2.O2S/c1-44-29(40)38-15-13-31(21-8-4-3-7-19(21)17-26(31)38)36-35-25-12-5-9-22-20(25)18-27-32(22,14-16-39(27)30(41)45-2)37-47(42,43)46-28-23(33)10-6-11-24(28)34;1-33-24(31)29-12-10-18-17-7-5-9-21(19(17)15-22(18)29)27-28-26-11-13-30(25(32)34-2)23(26)14-16-6-3-4-8-20(16)26;1-16(15)12-5-3-4-9-10-6-7-17(14(18)19-2)13(10)8-11(9)12;1-17-12(16)15-7-6-13(14)10-5-3-2-4-9(10)8-11(13)15;1-3-2/h3-12,26-27,37H,13-18H2,1-2H3;3-9,18,22-23H,10-15H2,1-2H3;3-5,10,13H,6-8,15H2,1-2H3;2-5,11H,6-8H2,1H3;/t26?,27?,31-,32-;18-,22?,23?,26+;10-,13?;11?,13-;/m0110./s1. The molecule has 6 unspecified atom stereocenters. The number of hydrogen-bond acceptors (Lipinski definition) is 23. The van der Waals surface area contributed by atoms with Crippen LogP contribution in [0.4, 0.5) is 54.6 Å². The van der Waals surface area contributed by atoms with Gasteiger partial charge in [0.1, 0.15) is 11.1 Å². The monoisotopic (exact) mass is 1750 g/mol. The number of likely N-dealkylation sites (tertiary alicyclic amines) is 6. The number of halogens is 3. The Kier molecular flexibility index (Phi) is 23.7. The molecule has 632 valence electrons. The fraction of sp³-hybridized carbons (Fsp3) is 0.435. The van der Waals surface area contributed by atoms with Gasteiger partial charge in [-0.3, -0.25) is 0 Å². The maximum atomic E-state index is 14.4. The summed E-state index contributed by atoms with van der Waals surface area (Å²) in [5, 5.41) is 21.2. The molecule has 3 N–H and O–H groups in total. The minimum atomic E-state index is -4.84. The average Bonchev–Trinajstić information content (AvgIpc) is 1.55. The molecule has 6 aliphatic carbocycles. The highest BCUT2D eigenvalue weighted by Gasteiger charge is 2.61. The van der Waals surface area contributed by atoms with E-state index in [9.17, 15) is 46.0 Å². The number of para-hydroxylation sites is 1. The van der Waals surface area contributed by atoms with Gasteiger partial charge >= 0.3 is 58.4 Å². The molecule has 35 heteroatoms. The molecule has 30 nitrogen and oxygen atoms in total. The average molecular weight is 1750 g/mol. The maximum Gasteiger partial charge on any atom is 0.409 e. The van der Waals surface area contributed by atoms with Gasteiger partial charge in [-0.2, -0.15) is 42.0 Å². The number of amides is 6. The van der Waals surface area contributed by atoms with Crippen LogP contribution in [-0.4, -0.2) is 208 Å². The third kappa shape index (κ3) is 14.6. The first kappa shape index (κ1) is 84.0. The van der Waals surface area contributed by atoms with Crippen molar-refractivity contribution < 1.29 is 87.0 Å². The highest BCUT2D eigenvalue weighted by atomic mass is 79.9. The number of nitrogens with one attached hydrogen (secondary N) is 1. The van der Waals surface area contributed by atoms with Gasteiger partial charge < -0.3 is 67.0 Å². The molecule has 6 saturated heterocycles. The molecule has 0 saturated carbocycles. The van der Waals surface area contributed by atoms with Crippen LogP contribution in [-0.2, 0) is 110 Å². The summed E-state index contributed by atoms with van der Waals surface area (Å²) in [6.07, 6.45) is 6.17. The Morgan fingerprint density at radius 3 is 1.37 bits per heavy atom. The Labute approximate surface area is 704 Å². The Morgan fingerprint density at radius 2 is 0.858 bits per heavy atom. The zero-order valence-corrected chi connectivity index (χ0v) is 70.3. The normalized spacial score (nSPS) is 26.4. The molecule has 0 spiro atoms. The van der Waals surface area contributed by atoms with E-state index in [1.807, 2.05) is 82.4 Å². The van der Waals surface area contributed by atoms with Gasteiger partial charge in [-0.05, 0) is 174 Å². The van der Waals surface area contributed by atoms with Crippen molar-refractivity contribution in [2.24, 2.45) is 26.3 Å². The number of ether oxygens (including phenoxy) is 6. The second kappa shape index (κ2) is 33.9. The van der Waals surface area contributed by atoms with Gasteiger partial charge in [0.25, 0.3) is 0 Å². The quantitative estimate of drug-likeness (QED) is 0.0446. The van der Waals surface area contributed by atoms with Gasteiger partial charge in [0, 0.05) is 70.2 Å². The van der Waals surface area contributed by atoms with Gasteiger partial charge in [-0.15, -0.1) is 0 Å². The van der Waals surface area contributed by atoms with Crippen LogP contribution in [0.3, 0.4) is 0 Å². The molecule has 0 radical (unpaired) electrons. The van der Waals surface area contributed by atoms with E-state index in [1.54, 1.807) is 33.0 Å². The Morgan fingerprint density at radius 1 is 0.467 bits per heavy atom. The summed E-state index contributed by atoms with van der Waals surface area (Å²) in [4.78, 5) is 84.2. The van der Waals surface area contributed by atoms with E-state index in [2.05, 4.69) is 69.2 Å². The van der Waals surface area contributed by atoms with Crippen molar-refractivity contribution in [1.29, 1.82) is 0 Å². The van der Waals surface area contributed by atoms with Crippen LogP contribution in [0.15, 0.2) is 166 Å². The van der Waals surface area contributed by atoms with Crippen molar-refractivity contribution in [3.63, 3.8) is 0 Å². The lowest BCUT2D eigenvalue weighted by Gasteiger charge is -2.32. The largest absolute Gasteiger partial charge is 0.453 e. The van der Waals surface area contributed by atoms with Crippen LogP contribution < -0.4 is 19.8 Å². The zero-order valence-electron chi connectivity index (χ0n) is 67.1. The molecule has 12 aliphatic rings. The number of benzene rings is 7. The summed E-state index contributed by atoms with van der Waals surface area (Å²) >= 11 is 3.11. The van der Waals surface area contributed by atoms with E-state index in [1.165, 1.54) is 80.9 Å². The van der Waals surface area contributed by atoms with Gasteiger partial charge in [-0.25, -0.2) is 43.4 Å². The number of azo groups is 2.